The van der Waals surface area contributed by atoms with Crippen molar-refractivity contribution in [3.8, 4) is 5.75 Å². The van der Waals surface area contributed by atoms with Crippen molar-refractivity contribution in [3.63, 3.8) is 0 Å². The fraction of sp³-hybridized carbons (Fsp3) is 0.111. The van der Waals surface area contributed by atoms with E-state index in [0.29, 0.717) is 17.1 Å². The van der Waals surface area contributed by atoms with Crippen LogP contribution in [0.15, 0.2) is 48.5 Å². The number of nitrogen functional groups attached to an aromatic ring is 1. The van der Waals surface area contributed by atoms with Crippen LogP contribution in [0.4, 0.5) is 21.6 Å². The van der Waals surface area contributed by atoms with Crippen LogP contribution in [0, 0.1) is 5.82 Å². The highest BCUT2D eigenvalue weighted by Crippen LogP contribution is 2.23. The first-order valence-corrected chi connectivity index (χ1v) is 8.16. The molecule has 0 unspecified atom stereocenters. The van der Waals surface area contributed by atoms with Gasteiger partial charge in [-0.1, -0.05) is 17.3 Å². The van der Waals surface area contributed by atoms with Gasteiger partial charge in [0.1, 0.15) is 18.1 Å². The lowest BCUT2D eigenvalue weighted by molar-refractivity contribution is -0.116. The van der Waals surface area contributed by atoms with Crippen LogP contribution in [0.5, 0.6) is 5.75 Å². The van der Waals surface area contributed by atoms with Crippen molar-refractivity contribution < 1.29 is 18.7 Å². The van der Waals surface area contributed by atoms with Gasteiger partial charge in [0.2, 0.25) is 5.91 Å². The lowest BCUT2D eigenvalue weighted by Crippen LogP contribution is -2.21. The summed E-state index contributed by atoms with van der Waals surface area (Å²) in [6.07, 6.45) is 0. The Labute approximate surface area is 159 Å². The number of nitrogens with two attached hydrogens (primary N) is 1. The predicted octanol–water partition coefficient (Wildman–Crippen LogP) is 1.90. The Morgan fingerprint density at radius 2 is 1.86 bits per heavy atom. The van der Waals surface area contributed by atoms with Gasteiger partial charge in [0.05, 0.1) is 12.8 Å². The quantitative estimate of drug-likeness (QED) is 0.596. The molecule has 0 aliphatic heterocycles. The molecule has 0 atom stereocenters. The molecule has 10 heteroatoms. The fourth-order valence-corrected chi connectivity index (χ4v) is 2.40. The zero-order valence-electron chi connectivity index (χ0n) is 14.8. The minimum absolute atomic E-state index is 0.0743. The highest BCUT2D eigenvalue weighted by Gasteiger charge is 2.19. The normalized spacial score (nSPS) is 10.4. The molecule has 3 aromatic rings. The van der Waals surface area contributed by atoms with Gasteiger partial charge in [-0.15, -0.1) is 5.10 Å². The van der Waals surface area contributed by atoms with Crippen molar-refractivity contribution >= 4 is 29.0 Å². The van der Waals surface area contributed by atoms with E-state index < -0.39 is 17.6 Å². The number of rotatable bonds is 6. The molecule has 0 spiro atoms. The van der Waals surface area contributed by atoms with Crippen molar-refractivity contribution in [3.05, 3.63) is 60.0 Å². The molecule has 3 rings (SSSR count). The average molecular weight is 384 g/mol. The summed E-state index contributed by atoms with van der Waals surface area (Å²) in [5, 5.41) is 12.7. The highest BCUT2D eigenvalue weighted by atomic mass is 19.1. The van der Waals surface area contributed by atoms with E-state index in [1.807, 2.05) is 0 Å². The molecule has 0 bridgehead atoms. The minimum atomic E-state index is -0.625. The maximum Gasteiger partial charge on any atom is 0.280 e. The van der Waals surface area contributed by atoms with Gasteiger partial charge in [0.25, 0.3) is 5.91 Å². The predicted molar refractivity (Wildman–Crippen MR) is 100 cm³/mol. The second kappa shape index (κ2) is 8.16. The molecule has 2 amide bonds. The molecule has 0 fully saturated rings. The molecular formula is C18H17FN6O3. The Bertz CT molecular complexity index is 1000. The van der Waals surface area contributed by atoms with Crippen LogP contribution >= 0.6 is 0 Å². The Hall–Kier alpha value is -3.95. The molecule has 0 saturated carbocycles. The molecule has 9 nitrogen and oxygen atoms in total. The number of nitrogens with zero attached hydrogens (tertiary/aromatic N) is 3. The molecule has 0 saturated heterocycles. The van der Waals surface area contributed by atoms with E-state index in [2.05, 4.69) is 20.9 Å². The number of hydrogen-bond acceptors (Lipinski definition) is 6. The third-order valence-electron chi connectivity index (χ3n) is 3.76. The number of ether oxygens (including phenoxy) is 1. The second-order valence-electron chi connectivity index (χ2n) is 5.69. The summed E-state index contributed by atoms with van der Waals surface area (Å²) in [6.45, 7) is -0.249. The van der Waals surface area contributed by atoms with Gasteiger partial charge >= 0.3 is 0 Å². The van der Waals surface area contributed by atoms with Crippen LogP contribution in [0.25, 0.3) is 0 Å². The topological polar surface area (TPSA) is 124 Å². The number of halogens is 1. The summed E-state index contributed by atoms with van der Waals surface area (Å²) in [5.41, 5.74) is 6.61. The first kappa shape index (κ1) is 18.8. The van der Waals surface area contributed by atoms with Crippen LogP contribution in [-0.4, -0.2) is 33.9 Å². The molecular weight excluding hydrogens is 367 g/mol. The second-order valence-corrected chi connectivity index (χ2v) is 5.69. The monoisotopic (exact) mass is 384 g/mol. The Kier molecular flexibility index (Phi) is 5.49. The van der Waals surface area contributed by atoms with Crippen molar-refractivity contribution in [1.82, 2.24) is 15.0 Å². The van der Waals surface area contributed by atoms with E-state index in [1.165, 1.54) is 31.4 Å². The number of carbonyl (C=O) groups excluding carboxylic acids is 2. The zero-order chi connectivity index (χ0) is 20.1. The smallest absolute Gasteiger partial charge is 0.280 e. The SMILES string of the molecule is COc1ccccc1NC(=O)Cn1nnc(C(=O)Nc2ccc(F)cc2)c1N. The van der Waals surface area contributed by atoms with E-state index >= 15 is 0 Å². The Balaban J connectivity index is 1.67. The number of anilines is 3. The van der Waals surface area contributed by atoms with Gasteiger partial charge in [-0.2, -0.15) is 0 Å². The van der Waals surface area contributed by atoms with Gasteiger partial charge in [-0.05, 0) is 36.4 Å². The summed E-state index contributed by atoms with van der Waals surface area (Å²) in [5.74, 6) is -1.05. The largest absolute Gasteiger partial charge is 0.495 e. The number of hydrogen-bond donors (Lipinski definition) is 3. The number of amides is 2. The van der Waals surface area contributed by atoms with E-state index in [4.69, 9.17) is 10.5 Å². The summed E-state index contributed by atoms with van der Waals surface area (Å²) >= 11 is 0. The number of para-hydroxylation sites is 2. The molecule has 2 aromatic carbocycles. The van der Waals surface area contributed by atoms with E-state index in [9.17, 15) is 14.0 Å². The molecule has 28 heavy (non-hydrogen) atoms. The third-order valence-corrected chi connectivity index (χ3v) is 3.76. The summed E-state index contributed by atoms with van der Waals surface area (Å²) in [4.78, 5) is 24.5. The number of benzene rings is 2. The van der Waals surface area contributed by atoms with Crippen LogP contribution in [0.3, 0.4) is 0 Å². The first-order chi connectivity index (χ1) is 13.5. The summed E-state index contributed by atoms with van der Waals surface area (Å²) in [6, 6.07) is 12.1. The van der Waals surface area contributed by atoms with Crippen molar-refractivity contribution in [2.75, 3.05) is 23.5 Å². The van der Waals surface area contributed by atoms with E-state index in [0.717, 1.165) is 4.68 Å². The molecule has 1 aromatic heterocycles. The number of methoxy groups -OCH3 is 1. The van der Waals surface area contributed by atoms with Crippen LogP contribution in [0.2, 0.25) is 0 Å². The lowest BCUT2D eigenvalue weighted by atomic mass is 10.3. The van der Waals surface area contributed by atoms with Crippen LogP contribution < -0.4 is 21.1 Å². The van der Waals surface area contributed by atoms with Crippen LogP contribution in [-0.2, 0) is 11.3 Å². The molecule has 1 heterocycles. The summed E-state index contributed by atoms with van der Waals surface area (Å²) in [7, 11) is 1.49. The summed E-state index contributed by atoms with van der Waals surface area (Å²) < 4.78 is 19.2. The molecule has 0 radical (unpaired) electrons. The maximum absolute atomic E-state index is 12.9. The number of nitrogens with one attached hydrogen (secondary N) is 2. The van der Waals surface area contributed by atoms with Gasteiger partial charge in [0.15, 0.2) is 11.5 Å². The first-order valence-electron chi connectivity index (χ1n) is 8.16. The van der Waals surface area contributed by atoms with Gasteiger partial charge in [-0.3, -0.25) is 9.59 Å². The zero-order valence-corrected chi connectivity index (χ0v) is 14.8. The molecule has 4 N–H and O–H groups in total. The standard InChI is InChI=1S/C18H17FN6O3/c1-28-14-5-3-2-4-13(14)22-15(26)10-25-17(20)16(23-24-25)18(27)21-12-8-6-11(19)7-9-12/h2-9H,10,20H2,1H3,(H,21,27)(H,22,26). The van der Waals surface area contributed by atoms with E-state index in [-0.39, 0.29) is 18.1 Å². The minimum Gasteiger partial charge on any atom is -0.495 e. The third kappa shape index (κ3) is 4.23. The van der Waals surface area contributed by atoms with Crippen LogP contribution in [0.1, 0.15) is 10.5 Å². The Morgan fingerprint density at radius 3 is 2.57 bits per heavy atom. The average Bonchev–Trinajstić information content (AvgIpc) is 3.04. The fourth-order valence-electron chi connectivity index (χ4n) is 2.40. The Morgan fingerprint density at radius 1 is 1.14 bits per heavy atom. The van der Waals surface area contributed by atoms with Gasteiger partial charge in [0, 0.05) is 5.69 Å². The highest BCUT2D eigenvalue weighted by molar-refractivity contribution is 6.05. The van der Waals surface area contributed by atoms with Crippen molar-refractivity contribution in [2.24, 2.45) is 0 Å². The van der Waals surface area contributed by atoms with Crippen molar-refractivity contribution in [2.45, 2.75) is 6.54 Å². The van der Waals surface area contributed by atoms with Crippen molar-refractivity contribution in [1.29, 1.82) is 0 Å². The molecule has 144 valence electrons. The van der Waals surface area contributed by atoms with Gasteiger partial charge in [-0.25, -0.2) is 9.07 Å². The van der Waals surface area contributed by atoms with E-state index in [1.54, 1.807) is 24.3 Å². The number of carbonyl (C=O) groups is 2. The molecule has 0 aliphatic rings. The maximum atomic E-state index is 12.9. The number of aromatic nitrogens is 3. The van der Waals surface area contributed by atoms with Gasteiger partial charge < -0.3 is 21.1 Å². The molecule has 0 aliphatic carbocycles. The lowest BCUT2D eigenvalue weighted by Gasteiger charge is -2.10.